The zero-order valence-electron chi connectivity index (χ0n) is 10.9. The Morgan fingerprint density at radius 2 is 2.10 bits per heavy atom. The van der Waals surface area contributed by atoms with E-state index in [0.717, 1.165) is 12.1 Å². The molecule has 0 saturated carbocycles. The molecule has 1 rings (SSSR count). The number of rotatable bonds is 4. The minimum atomic E-state index is -4.52. The number of nitriles is 1. The smallest absolute Gasteiger partial charge is 0.416 e. The summed E-state index contributed by atoms with van der Waals surface area (Å²) in [7, 11) is 1.53. The first-order chi connectivity index (χ1) is 9.16. The third-order valence-electron chi connectivity index (χ3n) is 2.82. The molecule has 1 aromatic rings. The first kappa shape index (κ1) is 15.8. The molecule has 1 atom stereocenters. The monoisotopic (exact) mass is 286 g/mol. The molecule has 1 unspecified atom stereocenters. The normalized spacial score (nSPS) is 12.6. The molecular weight excluding hydrogens is 273 g/mol. The molecule has 0 aromatic heterocycles. The Morgan fingerprint density at radius 3 is 2.55 bits per heavy atom. The van der Waals surface area contributed by atoms with Gasteiger partial charge in [-0.25, -0.2) is 0 Å². The molecule has 0 saturated heterocycles. The average molecular weight is 286 g/mol. The zero-order chi connectivity index (χ0) is 15.5. The number of hydrogen-bond acceptors (Lipinski definition) is 3. The van der Waals surface area contributed by atoms with Gasteiger partial charge in [0.1, 0.15) is 6.07 Å². The molecule has 20 heavy (non-hydrogen) atoms. The predicted molar refractivity (Wildman–Crippen MR) is 66.2 cm³/mol. The summed E-state index contributed by atoms with van der Waals surface area (Å²) >= 11 is 0. The van der Waals surface area contributed by atoms with Crippen LogP contribution in [0.5, 0.6) is 0 Å². The van der Waals surface area contributed by atoms with Gasteiger partial charge < -0.3 is 10.0 Å². The minimum absolute atomic E-state index is 0.0926. The molecule has 0 aliphatic rings. The molecule has 0 aliphatic carbocycles. The van der Waals surface area contributed by atoms with Gasteiger partial charge in [-0.05, 0) is 18.2 Å². The Kier molecular flexibility index (Phi) is 4.61. The molecule has 0 fully saturated rings. The average Bonchev–Trinajstić information content (AvgIpc) is 2.36. The molecule has 4 nitrogen and oxygen atoms in total. The number of halogens is 3. The molecule has 0 aliphatic heterocycles. The van der Waals surface area contributed by atoms with Crippen LogP contribution in [0.15, 0.2) is 18.2 Å². The Balaban J connectivity index is 3.08. The highest BCUT2D eigenvalue weighted by Gasteiger charge is 2.31. The standard InChI is InChI=1S/C13H13F3N2O2/c1-8(12(19)20)7-18(2)11-4-3-10(13(14,15)16)5-9(11)6-17/h3-5,8H,7H2,1-2H3,(H,19,20). The largest absolute Gasteiger partial charge is 0.481 e. The third kappa shape index (κ3) is 3.63. The molecular formula is C13H13F3N2O2. The number of hydrogen-bond donors (Lipinski definition) is 1. The summed E-state index contributed by atoms with van der Waals surface area (Å²) < 4.78 is 37.7. The summed E-state index contributed by atoms with van der Waals surface area (Å²) in [6.45, 7) is 1.57. The Hall–Kier alpha value is -2.23. The maximum absolute atomic E-state index is 12.6. The van der Waals surface area contributed by atoms with Gasteiger partial charge in [0.15, 0.2) is 0 Å². The van der Waals surface area contributed by atoms with Crippen LogP contribution in [0.25, 0.3) is 0 Å². The second-order valence-electron chi connectivity index (χ2n) is 4.46. The van der Waals surface area contributed by atoms with Gasteiger partial charge in [0, 0.05) is 13.6 Å². The van der Waals surface area contributed by atoms with Gasteiger partial charge in [0.25, 0.3) is 0 Å². The molecule has 0 heterocycles. The van der Waals surface area contributed by atoms with Gasteiger partial charge in [-0.2, -0.15) is 18.4 Å². The zero-order valence-corrected chi connectivity index (χ0v) is 10.9. The number of aliphatic carboxylic acids is 1. The van der Waals surface area contributed by atoms with Crippen molar-refractivity contribution in [1.29, 1.82) is 5.26 Å². The van der Waals surface area contributed by atoms with Crippen LogP contribution in [0.3, 0.4) is 0 Å². The van der Waals surface area contributed by atoms with Crippen molar-refractivity contribution in [3.8, 4) is 6.07 Å². The van der Waals surface area contributed by atoms with Crippen molar-refractivity contribution in [1.82, 2.24) is 0 Å². The number of anilines is 1. The van der Waals surface area contributed by atoms with Gasteiger partial charge in [-0.15, -0.1) is 0 Å². The fraction of sp³-hybridized carbons (Fsp3) is 0.385. The van der Waals surface area contributed by atoms with Crippen LogP contribution >= 0.6 is 0 Å². The molecule has 108 valence electrons. The van der Waals surface area contributed by atoms with E-state index >= 15 is 0 Å². The quantitative estimate of drug-likeness (QED) is 0.924. The number of carboxylic acids is 1. The number of nitrogens with zero attached hydrogens (tertiary/aromatic N) is 2. The molecule has 7 heteroatoms. The lowest BCUT2D eigenvalue weighted by Crippen LogP contribution is -2.29. The van der Waals surface area contributed by atoms with E-state index in [-0.39, 0.29) is 17.8 Å². The number of carboxylic acid groups (broad SMARTS) is 1. The van der Waals surface area contributed by atoms with Crippen molar-refractivity contribution in [3.05, 3.63) is 29.3 Å². The third-order valence-corrected chi connectivity index (χ3v) is 2.82. The second-order valence-corrected chi connectivity index (χ2v) is 4.46. The van der Waals surface area contributed by atoms with Gasteiger partial charge in [0.05, 0.1) is 22.7 Å². The van der Waals surface area contributed by atoms with E-state index in [1.807, 2.05) is 0 Å². The van der Waals surface area contributed by atoms with E-state index in [1.165, 1.54) is 24.9 Å². The summed E-state index contributed by atoms with van der Waals surface area (Å²) in [4.78, 5) is 12.2. The van der Waals surface area contributed by atoms with Crippen molar-refractivity contribution in [2.24, 2.45) is 5.92 Å². The lowest BCUT2D eigenvalue weighted by Gasteiger charge is -2.23. The van der Waals surface area contributed by atoms with Crippen molar-refractivity contribution >= 4 is 11.7 Å². The van der Waals surface area contributed by atoms with E-state index < -0.39 is 23.6 Å². The lowest BCUT2D eigenvalue weighted by molar-refractivity contribution is -0.140. The van der Waals surface area contributed by atoms with Crippen LogP contribution in [0.4, 0.5) is 18.9 Å². The molecule has 1 N–H and O–H groups in total. The Labute approximate surface area is 114 Å². The van der Waals surface area contributed by atoms with E-state index in [1.54, 1.807) is 6.07 Å². The minimum Gasteiger partial charge on any atom is -0.481 e. The molecule has 0 radical (unpaired) electrons. The summed E-state index contributed by atoms with van der Waals surface area (Å²) in [5.74, 6) is -1.71. The van der Waals surface area contributed by atoms with Crippen molar-refractivity contribution in [2.45, 2.75) is 13.1 Å². The van der Waals surface area contributed by atoms with Crippen LogP contribution in [-0.2, 0) is 11.0 Å². The summed E-state index contributed by atoms with van der Waals surface area (Å²) in [6, 6.07) is 4.51. The SMILES string of the molecule is CC(CN(C)c1ccc(C(F)(F)F)cc1C#N)C(=O)O. The molecule has 0 bridgehead atoms. The highest BCUT2D eigenvalue weighted by molar-refractivity contribution is 5.71. The maximum atomic E-state index is 12.6. The van der Waals surface area contributed by atoms with E-state index in [0.29, 0.717) is 0 Å². The van der Waals surface area contributed by atoms with Crippen molar-refractivity contribution < 1.29 is 23.1 Å². The van der Waals surface area contributed by atoms with Crippen LogP contribution in [-0.4, -0.2) is 24.7 Å². The van der Waals surface area contributed by atoms with E-state index in [9.17, 15) is 18.0 Å². The van der Waals surface area contributed by atoms with E-state index in [2.05, 4.69) is 0 Å². The number of benzene rings is 1. The maximum Gasteiger partial charge on any atom is 0.416 e. The van der Waals surface area contributed by atoms with Gasteiger partial charge in [-0.3, -0.25) is 4.79 Å². The highest BCUT2D eigenvalue weighted by atomic mass is 19.4. The van der Waals surface area contributed by atoms with Crippen molar-refractivity contribution in [3.63, 3.8) is 0 Å². The Morgan fingerprint density at radius 1 is 1.50 bits per heavy atom. The first-order valence-corrected chi connectivity index (χ1v) is 5.72. The highest BCUT2D eigenvalue weighted by Crippen LogP contribution is 2.32. The van der Waals surface area contributed by atoms with Crippen LogP contribution in [0.1, 0.15) is 18.1 Å². The summed E-state index contributed by atoms with van der Waals surface area (Å²) in [5.41, 5.74) is -0.772. The van der Waals surface area contributed by atoms with Gasteiger partial charge in [0.2, 0.25) is 0 Å². The number of alkyl halides is 3. The fourth-order valence-corrected chi connectivity index (χ4v) is 1.72. The second kappa shape index (κ2) is 5.82. The van der Waals surface area contributed by atoms with Crippen LogP contribution in [0.2, 0.25) is 0 Å². The fourth-order valence-electron chi connectivity index (χ4n) is 1.72. The van der Waals surface area contributed by atoms with Gasteiger partial charge >= 0.3 is 12.1 Å². The van der Waals surface area contributed by atoms with Crippen LogP contribution in [0, 0.1) is 17.2 Å². The first-order valence-electron chi connectivity index (χ1n) is 5.72. The topological polar surface area (TPSA) is 64.3 Å². The predicted octanol–water partition coefficient (Wildman–Crippen LogP) is 2.73. The summed E-state index contributed by atoms with van der Waals surface area (Å²) in [6.07, 6.45) is -4.52. The van der Waals surface area contributed by atoms with Crippen LogP contribution < -0.4 is 4.90 Å². The van der Waals surface area contributed by atoms with Crippen molar-refractivity contribution in [2.75, 3.05) is 18.5 Å². The molecule has 1 aromatic carbocycles. The Bertz CT molecular complexity index is 550. The summed E-state index contributed by atoms with van der Waals surface area (Å²) in [5, 5.41) is 17.8. The lowest BCUT2D eigenvalue weighted by atomic mass is 10.1. The number of carbonyl (C=O) groups is 1. The molecule has 0 amide bonds. The van der Waals surface area contributed by atoms with Gasteiger partial charge in [-0.1, -0.05) is 6.92 Å². The molecule has 0 spiro atoms. The van der Waals surface area contributed by atoms with E-state index in [4.69, 9.17) is 10.4 Å².